The standard InChI is InChI=1S/C21H19Cl2N5O2S/c1-2-10-28-18(12-24-20(30)16-9-8-14(22)11-17(16)23)26-27-21(28)31-13-19(29)25-15-6-4-3-5-7-15/h2-9,11H,1,10,12-13H2,(H,24,30)(H,25,29). The average Bonchev–Trinajstić information content (AvgIpc) is 3.13. The van der Waals surface area contributed by atoms with Gasteiger partial charge in [0.05, 0.1) is 22.9 Å². The zero-order chi connectivity index (χ0) is 22.2. The molecule has 2 amide bonds. The van der Waals surface area contributed by atoms with Crippen LogP contribution in [-0.4, -0.2) is 32.3 Å². The molecule has 0 saturated carbocycles. The Morgan fingerprint density at radius 2 is 1.90 bits per heavy atom. The van der Waals surface area contributed by atoms with E-state index in [-0.39, 0.29) is 29.1 Å². The van der Waals surface area contributed by atoms with Crippen molar-refractivity contribution in [1.29, 1.82) is 0 Å². The van der Waals surface area contributed by atoms with Gasteiger partial charge in [0, 0.05) is 17.3 Å². The summed E-state index contributed by atoms with van der Waals surface area (Å²) in [5.74, 6) is 0.184. The van der Waals surface area contributed by atoms with Gasteiger partial charge in [-0.1, -0.05) is 59.2 Å². The lowest BCUT2D eigenvalue weighted by Crippen LogP contribution is -2.25. The van der Waals surface area contributed by atoms with Gasteiger partial charge in [-0.15, -0.1) is 16.8 Å². The van der Waals surface area contributed by atoms with E-state index in [0.29, 0.717) is 28.1 Å². The maximum Gasteiger partial charge on any atom is 0.253 e. The molecule has 0 aliphatic rings. The van der Waals surface area contributed by atoms with Crippen molar-refractivity contribution in [3.8, 4) is 0 Å². The van der Waals surface area contributed by atoms with E-state index < -0.39 is 0 Å². The summed E-state index contributed by atoms with van der Waals surface area (Å²) in [4.78, 5) is 24.6. The second kappa shape index (κ2) is 11.0. The molecule has 0 radical (unpaired) electrons. The Labute approximate surface area is 193 Å². The van der Waals surface area contributed by atoms with E-state index in [9.17, 15) is 9.59 Å². The fourth-order valence-electron chi connectivity index (χ4n) is 2.65. The van der Waals surface area contributed by atoms with Crippen LogP contribution in [0.25, 0.3) is 0 Å². The lowest BCUT2D eigenvalue weighted by Gasteiger charge is -2.10. The molecule has 7 nitrogen and oxygen atoms in total. The lowest BCUT2D eigenvalue weighted by molar-refractivity contribution is -0.113. The number of para-hydroxylation sites is 1. The van der Waals surface area contributed by atoms with Crippen molar-refractivity contribution >= 4 is 52.5 Å². The van der Waals surface area contributed by atoms with Gasteiger partial charge in [-0.05, 0) is 30.3 Å². The van der Waals surface area contributed by atoms with Crippen LogP contribution in [0.15, 0.2) is 66.3 Å². The second-order valence-corrected chi connectivity index (χ2v) is 8.09. The van der Waals surface area contributed by atoms with Crippen molar-refractivity contribution in [2.24, 2.45) is 0 Å². The number of amides is 2. The Hall–Kier alpha value is -2.81. The minimum Gasteiger partial charge on any atom is -0.345 e. The maximum absolute atomic E-state index is 12.4. The molecule has 0 spiro atoms. The number of thioether (sulfide) groups is 1. The summed E-state index contributed by atoms with van der Waals surface area (Å²) in [5, 5.41) is 15.1. The number of halogens is 2. The van der Waals surface area contributed by atoms with E-state index in [0.717, 1.165) is 5.69 Å². The Morgan fingerprint density at radius 3 is 2.61 bits per heavy atom. The molecule has 0 saturated heterocycles. The number of aromatic nitrogens is 3. The summed E-state index contributed by atoms with van der Waals surface area (Å²) in [6.45, 7) is 4.32. The Balaban J connectivity index is 1.62. The second-order valence-electron chi connectivity index (χ2n) is 6.31. The summed E-state index contributed by atoms with van der Waals surface area (Å²) < 4.78 is 1.79. The topological polar surface area (TPSA) is 88.9 Å². The van der Waals surface area contributed by atoms with Crippen LogP contribution in [-0.2, 0) is 17.9 Å². The molecule has 2 N–H and O–H groups in total. The van der Waals surface area contributed by atoms with Crippen LogP contribution in [0, 0.1) is 0 Å². The van der Waals surface area contributed by atoms with Gasteiger partial charge in [-0.2, -0.15) is 0 Å². The zero-order valence-corrected chi connectivity index (χ0v) is 18.7. The first-order chi connectivity index (χ1) is 15.0. The fourth-order valence-corrected chi connectivity index (χ4v) is 3.91. The number of anilines is 1. The van der Waals surface area contributed by atoms with Gasteiger partial charge in [0.2, 0.25) is 5.91 Å². The minimum absolute atomic E-state index is 0.134. The van der Waals surface area contributed by atoms with Crippen LogP contribution in [0.5, 0.6) is 0 Å². The number of nitrogens with zero attached hydrogens (tertiary/aromatic N) is 3. The van der Waals surface area contributed by atoms with E-state index >= 15 is 0 Å². The molecule has 2 aromatic carbocycles. The molecule has 0 fully saturated rings. The number of hydrogen-bond acceptors (Lipinski definition) is 5. The minimum atomic E-state index is -0.355. The first-order valence-corrected chi connectivity index (χ1v) is 11.0. The molecule has 31 heavy (non-hydrogen) atoms. The molecule has 3 rings (SSSR count). The lowest BCUT2D eigenvalue weighted by atomic mass is 10.2. The smallest absolute Gasteiger partial charge is 0.253 e. The van der Waals surface area contributed by atoms with Crippen molar-refractivity contribution < 1.29 is 9.59 Å². The van der Waals surface area contributed by atoms with Gasteiger partial charge in [-0.25, -0.2) is 0 Å². The predicted molar refractivity (Wildman–Crippen MR) is 124 cm³/mol. The molecule has 0 aliphatic heterocycles. The third-order valence-corrected chi connectivity index (χ3v) is 5.59. The van der Waals surface area contributed by atoms with Crippen LogP contribution < -0.4 is 10.6 Å². The number of rotatable bonds is 9. The number of allylic oxidation sites excluding steroid dienone is 1. The van der Waals surface area contributed by atoms with Gasteiger partial charge in [0.1, 0.15) is 0 Å². The Morgan fingerprint density at radius 1 is 1.13 bits per heavy atom. The van der Waals surface area contributed by atoms with Gasteiger partial charge < -0.3 is 15.2 Å². The summed E-state index contributed by atoms with van der Waals surface area (Å²) >= 11 is 13.2. The van der Waals surface area contributed by atoms with Crippen LogP contribution >= 0.6 is 35.0 Å². The van der Waals surface area contributed by atoms with Crippen LogP contribution in [0.4, 0.5) is 5.69 Å². The SMILES string of the molecule is C=CCn1c(CNC(=O)c2ccc(Cl)cc2Cl)nnc1SCC(=O)Nc1ccccc1. The predicted octanol–water partition coefficient (Wildman–Crippen LogP) is 4.43. The quantitative estimate of drug-likeness (QED) is 0.352. The van der Waals surface area contributed by atoms with Crippen molar-refractivity contribution in [3.63, 3.8) is 0 Å². The number of carbonyl (C=O) groups is 2. The highest BCUT2D eigenvalue weighted by Gasteiger charge is 2.16. The molecule has 0 bridgehead atoms. The summed E-state index contributed by atoms with van der Waals surface area (Å²) in [7, 11) is 0. The van der Waals surface area contributed by atoms with E-state index in [1.54, 1.807) is 22.8 Å². The molecule has 3 aromatic rings. The van der Waals surface area contributed by atoms with Crippen molar-refractivity contribution in [2.75, 3.05) is 11.1 Å². The molecule has 1 heterocycles. The van der Waals surface area contributed by atoms with Gasteiger partial charge in [-0.3, -0.25) is 9.59 Å². The fraction of sp³-hybridized carbons (Fsp3) is 0.143. The summed E-state index contributed by atoms with van der Waals surface area (Å²) in [5.41, 5.74) is 1.04. The van der Waals surface area contributed by atoms with Crippen LogP contribution in [0.1, 0.15) is 16.2 Å². The van der Waals surface area contributed by atoms with E-state index in [1.807, 2.05) is 30.3 Å². The highest BCUT2D eigenvalue weighted by molar-refractivity contribution is 7.99. The van der Waals surface area contributed by atoms with E-state index in [4.69, 9.17) is 23.2 Å². The normalized spacial score (nSPS) is 10.5. The van der Waals surface area contributed by atoms with E-state index in [1.165, 1.54) is 17.8 Å². The van der Waals surface area contributed by atoms with E-state index in [2.05, 4.69) is 27.4 Å². The number of benzene rings is 2. The third-order valence-electron chi connectivity index (χ3n) is 4.08. The van der Waals surface area contributed by atoms with Crippen molar-refractivity contribution in [3.05, 3.63) is 82.6 Å². The molecular formula is C21H19Cl2N5O2S. The molecule has 160 valence electrons. The first kappa shape index (κ1) is 22.9. The maximum atomic E-state index is 12.4. The van der Waals surface area contributed by atoms with Gasteiger partial charge in [0.15, 0.2) is 11.0 Å². The third kappa shape index (κ3) is 6.33. The molecule has 1 aromatic heterocycles. The molecule has 0 atom stereocenters. The highest BCUT2D eigenvalue weighted by atomic mass is 35.5. The largest absolute Gasteiger partial charge is 0.345 e. The average molecular weight is 476 g/mol. The zero-order valence-electron chi connectivity index (χ0n) is 16.3. The van der Waals surface area contributed by atoms with Gasteiger partial charge >= 0.3 is 0 Å². The Bertz CT molecular complexity index is 1090. The number of hydrogen-bond donors (Lipinski definition) is 2. The number of carbonyl (C=O) groups excluding carboxylic acids is 2. The Kier molecular flexibility index (Phi) is 8.11. The van der Waals surface area contributed by atoms with Crippen LogP contribution in [0.2, 0.25) is 10.0 Å². The summed E-state index contributed by atoms with van der Waals surface area (Å²) in [6.07, 6.45) is 1.69. The number of nitrogens with one attached hydrogen (secondary N) is 2. The van der Waals surface area contributed by atoms with Crippen LogP contribution in [0.3, 0.4) is 0 Å². The van der Waals surface area contributed by atoms with Crippen molar-refractivity contribution in [2.45, 2.75) is 18.2 Å². The molecular weight excluding hydrogens is 457 g/mol. The van der Waals surface area contributed by atoms with Crippen molar-refractivity contribution in [1.82, 2.24) is 20.1 Å². The summed E-state index contributed by atoms with van der Waals surface area (Å²) in [6, 6.07) is 13.9. The monoisotopic (exact) mass is 475 g/mol. The molecule has 10 heteroatoms. The molecule has 0 aliphatic carbocycles. The van der Waals surface area contributed by atoms with Gasteiger partial charge in [0.25, 0.3) is 5.91 Å². The highest BCUT2D eigenvalue weighted by Crippen LogP contribution is 2.21. The first-order valence-electron chi connectivity index (χ1n) is 9.22. The molecule has 0 unspecified atom stereocenters.